The Bertz CT molecular complexity index is 57.5. The molecule has 1 aliphatic heterocycles. The van der Waals surface area contributed by atoms with Crippen molar-refractivity contribution < 1.29 is 9.47 Å². The monoisotopic (exact) mass is 115 g/mol. The van der Waals surface area contributed by atoms with Gasteiger partial charge < -0.3 is 9.47 Å². The predicted octanol–water partition coefficient (Wildman–Crippen LogP) is 0.974. The van der Waals surface area contributed by atoms with Gasteiger partial charge in [-0.3, -0.25) is 0 Å². The summed E-state index contributed by atoms with van der Waals surface area (Å²) in [7, 11) is 1.72. The quantitative estimate of drug-likeness (QED) is 0.507. The van der Waals surface area contributed by atoms with E-state index in [4.69, 9.17) is 9.47 Å². The number of methoxy groups -OCH3 is 1. The minimum Gasteiger partial charge on any atom is -0.379 e. The first kappa shape index (κ1) is 6.05. The minimum atomic E-state index is 0.333. The van der Waals surface area contributed by atoms with Gasteiger partial charge in [-0.1, -0.05) is 0 Å². The van der Waals surface area contributed by atoms with Crippen LogP contribution in [0.25, 0.3) is 0 Å². The van der Waals surface area contributed by atoms with Crippen LogP contribution < -0.4 is 0 Å². The molecule has 0 N–H and O–H groups in total. The molecule has 0 spiro atoms. The topological polar surface area (TPSA) is 18.5 Å². The summed E-state index contributed by atoms with van der Waals surface area (Å²) in [4.78, 5) is 0. The van der Waals surface area contributed by atoms with Gasteiger partial charge in [0.05, 0.1) is 19.3 Å². The van der Waals surface area contributed by atoms with Crippen LogP contribution in [0.5, 0.6) is 0 Å². The third-order valence-electron chi connectivity index (χ3n) is 1.34. The predicted molar refractivity (Wildman–Crippen MR) is 30.3 cm³/mol. The molecule has 0 amide bonds. The maximum absolute atomic E-state index is 5.05. The van der Waals surface area contributed by atoms with Gasteiger partial charge >= 0.3 is 0 Å². The van der Waals surface area contributed by atoms with Gasteiger partial charge in [0.15, 0.2) is 0 Å². The molecule has 2 nitrogen and oxygen atoms in total. The van der Waals surface area contributed by atoms with Crippen molar-refractivity contribution in [2.24, 2.45) is 0 Å². The van der Waals surface area contributed by atoms with Gasteiger partial charge in [0.2, 0.25) is 0 Å². The summed E-state index contributed by atoms with van der Waals surface area (Å²) in [5.74, 6) is 0. The molecule has 0 aromatic carbocycles. The zero-order valence-corrected chi connectivity index (χ0v) is 5.09. The van der Waals surface area contributed by atoms with Crippen molar-refractivity contribution in [3.8, 4) is 0 Å². The van der Waals surface area contributed by atoms with Crippen molar-refractivity contribution in [1.29, 1.82) is 0 Å². The molecule has 2 heteroatoms. The van der Waals surface area contributed by atoms with Crippen LogP contribution in [-0.2, 0) is 9.47 Å². The van der Waals surface area contributed by atoms with Crippen LogP contribution >= 0.6 is 0 Å². The molecule has 1 atom stereocenters. The third kappa shape index (κ3) is 1.46. The maximum atomic E-state index is 5.05. The SMILES string of the molecule is COC1CC[CH]OC1. The van der Waals surface area contributed by atoms with E-state index in [1.807, 2.05) is 6.61 Å². The Balaban J connectivity index is 2.13. The van der Waals surface area contributed by atoms with Crippen LogP contribution in [0.15, 0.2) is 0 Å². The highest BCUT2D eigenvalue weighted by atomic mass is 16.5. The summed E-state index contributed by atoms with van der Waals surface area (Å²) >= 11 is 0. The molecule has 0 aromatic heterocycles. The fourth-order valence-corrected chi connectivity index (χ4v) is 0.782. The van der Waals surface area contributed by atoms with E-state index in [-0.39, 0.29) is 0 Å². The van der Waals surface area contributed by atoms with E-state index in [0.29, 0.717) is 6.10 Å². The highest BCUT2D eigenvalue weighted by molar-refractivity contribution is 4.66. The van der Waals surface area contributed by atoms with E-state index in [9.17, 15) is 0 Å². The van der Waals surface area contributed by atoms with Crippen molar-refractivity contribution in [3.05, 3.63) is 6.61 Å². The molecule has 1 aliphatic rings. The molecule has 1 fully saturated rings. The molecule has 1 heterocycles. The molecular formula is C6H11O2. The maximum Gasteiger partial charge on any atom is 0.0839 e. The van der Waals surface area contributed by atoms with Crippen molar-refractivity contribution in [1.82, 2.24) is 0 Å². The Hall–Kier alpha value is -0.0800. The summed E-state index contributed by atoms with van der Waals surface area (Å²) in [5.41, 5.74) is 0. The molecular weight excluding hydrogens is 104 g/mol. The van der Waals surface area contributed by atoms with E-state index in [2.05, 4.69) is 0 Å². The van der Waals surface area contributed by atoms with E-state index in [1.165, 1.54) is 0 Å². The van der Waals surface area contributed by atoms with Crippen LogP contribution in [0.2, 0.25) is 0 Å². The molecule has 0 aliphatic carbocycles. The first-order chi connectivity index (χ1) is 3.93. The van der Waals surface area contributed by atoms with Crippen molar-refractivity contribution in [2.45, 2.75) is 18.9 Å². The zero-order chi connectivity index (χ0) is 5.82. The van der Waals surface area contributed by atoms with E-state index < -0.39 is 0 Å². The van der Waals surface area contributed by atoms with Crippen LogP contribution in [0.4, 0.5) is 0 Å². The highest BCUT2D eigenvalue weighted by Crippen LogP contribution is 2.10. The smallest absolute Gasteiger partial charge is 0.0839 e. The Morgan fingerprint density at radius 2 is 2.62 bits per heavy atom. The summed E-state index contributed by atoms with van der Waals surface area (Å²) in [5, 5.41) is 0. The number of rotatable bonds is 1. The fourth-order valence-electron chi connectivity index (χ4n) is 0.782. The Morgan fingerprint density at radius 3 is 3.00 bits per heavy atom. The largest absolute Gasteiger partial charge is 0.379 e. The lowest BCUT2D eigenvalue weighted by atomic mass is 10.2. The second-order valence-electron chi connectivity index (χ2n) is 1.94. The van der Waals surface area contributed by atoms with Gasteiger partial charge in [-0.25, -0.2) is 0 Å². The van der Waals surface area contributed by atoms with Crippen molar-refractivity contribution in [3.63, 3.8) is 0 Å². The molecule has 8 heavy (non-hydrogen) atoms. The fraction of sp³-hybridized carbons (Fsp3) is 0.833. The lowest BCUT2D eigenvalue weighted by Gasteiger charge is -2.19. The summed E-state index contributed by atoms with van der Waals surface area (Å²) in [6, 6.07) is 0. The number of hydrogen-bond donors (Lipinski definition) is 0. The van der Waals surface area contributed by atoms with Crippen LogP contribution in [0.3, 0.4) is 0 Å². The van der Waals surface area contributed by atoms with Crippen LogP contribution in [0.1, 0.15) is 12.8 Å². The molecule has 0 aromatic rings. The van der Waals surface area contributed by atoms with E-state index in [1.54, 1.807) is 7.11 Å². The van der Waals surface area contributed by atoms with Gasteiger partial charge in [0.1, 0.15) is 0 Å². The van der Waals surface area contributed by atoms with Crippen molar-refractivity contribution in [2.75, 3.05) is 13.7 Å². The highest BCUT2D eigenvalue weighted by Gasteiger charge is 2.11. The number of hydrogen-bond acceptors (Lipinski definition) is 2. The van der Waals surface area contributed by atoms with E-state index in [0.717, 1.165) is 19.4 Å². The molecule has 1 rings (SSSR count). The molecule has 1 unspecified atom stereocenters. The Kier molecular flexibility index (Phi) is 2.30. The van der Waals surface area contributed by atoms with Gasteiger partial charge in [-0.05, 0) is 12.8 Å². The number of ether oxygens (including phenoxy) is 2. The summed E-state index contributed by atoms with van der Waals surface area (Å²) in [6.45, 7) is 2.58. The van der Waals surface area contributed by atoms with Gasteiger partial charge in [0, 0.05) is 7.11 Å². The average molecular weight is 115 g/mol. The lowest BCUT2D eigenvalue weighted by molar-refractivity contribution is -0.00314. The summed E-state index contributed by atoms with van der Waals surface area (Å²) in [6.07, 6.45) is 2.47. The van der Waals surface area contributed by atoms with Crippen molar-refractivity contribution >= 4 is 0 Å². The Labute approximate surface area is 49.8 Å². The van der Waals surface area contributed by atoms with Gasteiger partial charge in [-0.15, -0.1) is 0 Å². The second kappa shape index (κ2) is 3.05. The molecule has 1 radical (unpaired) electrons. The minimum absolute atomic E-state index is 0.333. The molecule has 1 saturated heterocycles. The van der Waals surface area contributed by atoms with Gasteiger partial charge in [0.25, 0.3) is 0 Å². The summed E-state index contributed by atoms with van der Waals surface area (Å²) < 4.78 is 10.1. The Morgan fingerprint density at radius 1 is 1.75 bits per heavy atom. The van der Waals surface area contributed by atoms with Gasteiger partial charge in [-0.2, -0.15) is 0 Å². The van der Waals surface area contributed by atoms with Crippen LogP contribution in [0, 0.1) is 6.61 Å². The zero-order valence-electron chi connectivity index (χ0n) is 5.09. The molecule has 0 bridgehead atoms. The first-order valence-corrected chi connectivity index (χ1v) is 2.89. The molecule has 0 saturated carbocycles. The first-order valence-electron chi connectivity index (χ1n) is 2.89. The molecule has 47 valence electrons. The normalized spacial score (nSPS) is 30.4. The second-order valence-corrected chi connectivity index (χ2v) is 1.94. The third-order valence-corrected chi connectivity index (χ3v) is 1.34. The van der Waals surface area contributed by atoms with E-state index >= 15 is 0 Å². The van der Waals surface area contributed by atoms with Crippen LogP contribution in [-0.4, -0.2) is 19.8 Å². The lowest BCUT2D eigenvalue weighted by Crippen LogP contribution is -2.21. The average Bonchev–Trinajstić information content (AvgIpc) is 1.90. The standard InChI is InChI=1S/C6H11O2/c1-7-6-3-2-4-8-5-6/h4,6H,2-3,5H2,1H3.